The van der Waals surface area contributed by atoms with Crippen LogP contribution in [-0.2, 0) is 6.54 Å². The summed E-state index contributed by atoms with van der Waals surface area (Å²) in [5.74, 6) is 0.899. The van der Waals surface area contributed by atoms with E-state index >= 15 is 0 Å². The zero-order valence-electron chi connectivity index (χ0n) is 18.8. The van der Waals surface area contributed by atoms with Crippen molar-refractivity contribution in [3.05, 3.63) is 77.2 Å². The highest BCUT2D eigenvalue weighted by atomic mass is 19.3. The number of halogens is 2. The van der Waals surface area contributed by atoms with E-state index in [-0.39, 0.29) is 11.7 Å². The van der Waals surface area contributed by atoms with Crippen molar-refractivity contribution in [2.45, 2.75) is 38.8 Å². The van der Waals surface area contributed by atoms with Gasteiger partial charge in [0.1, 0.15) is 5.75 Å². The van der Waals surface area contributed by atoms with Gasteiger partial charge >= 0.3 is 6.61 Å². The molecule has 3 heterocycles. The summed E-state index contributed by atoms with van der Waals surface area (Å²) in [5.41, 5.74) is 3.54. The van der Waals surface area contributed by atoms with Crippen LogP contribution in [0.2, 0.25) is 0 Å². The number of hydrogen-bond acceptors (Lipinski definition) is 5. The Kier molecular flexibility index (Phi) is 5.69. The van der Waals surface area contributed by atoms with Crippen LogP contribution in [0.25, 0.3) is 16.9 Å². The number of pyridine rings is 2. The van der Waals surface area contributed by atoms with Crippen LogP contribution in [-0.4, -0.2) is 44.2 Å². The van der Waals surface area contributed by atoms with E-state index in [1.807, 2.05) is 31.2 Å². The van der Waals surface area contributed by atoms with E-state index in [9.17, 15) is 13.6 Å². The Bertz CT molecular complexity index is 1340. The second kappa shape index (κ2) is 8.81. The first-order valence-electron chi connectivity index (χ1n) is 11.0. The highest BCUT2D eigenvalue weighted by molar-refractivity contribution is 6.06. The van der Waals surface area contributed by atoms with Crippen molar-refractivity contribution in [1.82, 2.24) is 24.6 Å². The highest BCUT2D eigenvalue weighted by Crippen LogP contribution is 2.41. The van der Waals surface area contributed by atoms with E-state index in [1.165, 1.54) is 12.1 Å². The van der Waals surface area contributed by atoms with Gasteiger partial charge < -0.3 is 9.64 Å². The fourth-order valence-electron chi connectivity index (χ4n) is 4.03. The number of aryl methyl sites for hydroxylation is 1. The molecule has 1 fully saturated rings. The van der Waals surface area contributed by atoms with Crippen LogP contribution in [0.15, 0.2) is 54.7 Å². The molecule has 0 spiro atoms. The summed E-state index contributed by atoms with van der Waals surface area (Å²) in [5, 5.41) is 5.35. The summed E-state index contributed by atoms with van der Waals surface area (Å²) in [7, 11) is 1.72. The Morgan fingerprint density at radius 3 is 2.62 bits per heavy atom. The Balaban J connectivity index is 1.50. The van der Waals surface area contributed by atoms with Gasteiger partial charge in [-0.15, -0.1) is 0 Å². The van der Waals surface area contributed by atoms with Crippen molar-refractivity contribution in [3.63, 3.8) is 0 Å². The van der Waals surface area contributed by atoms with Crippen molar-refractivity contribution >= 4 is 16.9 Å². The third-order valence-electron chi connectivity index (χ3n) is 5.84. The fourth-order valence-corrected chi connectivity index (χ4v) is 4.03. The lowest BCUT2D eigenvalue weighted by atomic mass is 10.1. The number of fused-ring (bicyclic) bond motifs is 1. The molecule has 9 heteroatoms. The van der Waals surface area contributed by atoms with E-state index in [0.29, 0.717) is 40.6 Å². The molecule has 0 radical (unpaired) electrons. The Labute approximate surface area is 195 Å². The number of benzene rings is 1. The maximum absolute atomic E-state index is 13.6. The molecule has 0 bridgehead atoms. The molecule has 5 rings (SSSR count). The summed E-state index contributed by atoms with van der Waals surface area (Å²) in [4.78, 5) is 24.5. The molecule has 7 nitrogen and oxygen atoms in total. The predicted octanol–water partition coefficient (Wildman–Crippen LogP) is 4.87. The fraction of sp³-hybridized carbons (Fsp3) is 0.280. The number of carbonyl (C=O) groups excluding carboxylic acids is 1. The average Bonchev–Trinajstić information content (AvgIpc) is 3.63. The maximum Gasteiger partial charge on any atom is 0.387 e. The molecule has 0 unspecified atom stereocenters. The zero-order valence-corrected chi connectivity index (χ0v) is 18.8. The quantitative estimate of drug-likeness (QED) is 0.391. The molecule has 34 heavy (non-hydrogen) atoms. The molecule has 3 aromatic heterocycles. The summed E-state index contributed by atoms with van der Waals surface area (Å²) in [6.07, 6.45) is 3.79. The van der Waals surface area contributed by atoms with Crippen molar-refractivity contribution in [1.29, 1.82) is 0 Å². The lowest BCUT2D eigenvalue weighted by Crippen LogP contribution is -2.26. The van der Waals surface area contributed by atoms with E-state index in [0.717, 1.165) is 24.1 Å². The molecule has 4 aromatic rings. The minimum absolute atomic E-state index is 0.0789. The number of hydrogen-bond donors (Lipinski definition) is 0. The molecule has 0 atom stereocenters. The standard InChI is InChI=1S/C25H23F2N5O2/c1-15-22-19(24(33)31(2)14-16-6-10-18(11-7-16)34-25(26)27)13-20(17-8-9-17)29-23(22)32(30-15)21-5-3-4-12-28-21/h3-7,10-13,17,25H,8-9,14H2,1-2H3. The zero-order chi connectivity index (χ0) is 23.8. The van der Waals surface area contributed by atoms with Crippen LogP contribution in [0.4, 0.5) is 8.78 Å². The molecule has 1 aromatic carbocycles. The molecular weight excluding hydrogens is 440 g/mol. The van der Waals surface area contributed by atoms with E-state index in [4.69, 9.17) is 4.98 Å². The first-order valence-corrected chi connectivity index (χ1v) is 11.0. The van der Waals surface area contributed by atoms with Crippen LogP contribution in [0, 0.1) is 6.92 Å². The third-order valence-corrected chi connectivity index (χ3v) is 5.84. The summed E-state index contributed by atoms with van der Waals surface area (Å²) in [6, 6.07) is 13.7. The topological polar surface area (TPSA) is 73.1 Å². The van der Waals surface area contributed by atoms with Crippen molar-refractivity contribution in [2.24, 2.45) is 0 Å². The lowest BCUT2D eigenvalue weighted by molar-refractivity contribution is -0.0498. The Hall–Kier alpha value is -3.88. The molecule has 174 valence electrons. The van der Waals surface area contributed by atoms with E-state index in [1.54, 1.807) is 35.0 Å². The summed E-state index contributed by atoms with van der Waals surface area (Å²) in [6.45, 7) is -0.706. The minimum atomic E-state index is -2.87. The number of amides is 1. The van der Waals surface area contributed by atoms with Gasteiger partial charge in [0, 0.05) is 31.4 Å². The first-order chi connectivity index (χ1) is 16.4. The van der Waals surface area contributed by atoms with Gasteiger partial charge in [0.05, 0.1) is 16.6 Å². The highest BCUT2D eigenvalue weighted by Gasteiger charge is 2.30. The van der Waals surface area contributed by atoms with Crippen molar-refractivity contribution in [3.8, 4) is 11.6 Å². The van der Waals surface area contributed by atoms with Crippen LogP contribution in [0.1, 0.15) is 46.1 Å². The lowest BCUT2D eigenvalue weighted by Gasteiger charge is -2.19. The summed E-state index contributed by atoms with van der Waals surface area (Å²) >= 11 is 0. The van der Waals surface area contributed by atoms with Gasteiger partial charge in [-0.25, -0.2) is 9.97 Å². The van der Waals surface area contributed by atoms with Gasteiger partial charge in [0.2, 0.25) is 0 Å². The second-order valence-electron chi connectivity index (χ2n) is 8.44. The third kappa shape index (κ3) is 4.33. The Morgan fingerprint density at radius 2 is 1.97 bits per heavy atom. The van der Waals surface area contributed by atoms with Crippen LogP contribution >= 0.6 is 0 Å². The second-order valence-corrected chi connectivity index (χ2v) is 8.44. The molecule has 0 aliphatic heterocycles. The molecule has 0 saturated heterocycles. The number of aromatic nitrogens is 4. The van der Waals surface area contributed by atoms with Gasteiger partial charge in [-0.3, -0.25) is 4.79 Å². The van der Waals surface area contributed by atoms with Crippen LogP contribution in [0.5, 0.6) is 5.75 Å². The molecule has 0 N–H and O–H groups in total. The predicted molar refractivity (Wildman–Crippen MR) is 122 cm³/mol. The largest absolute Gasteiger partial charge is 0.435 e. The van der Waals surface area contributed by atoms with Gasteiger partial charge in [0.15, 0.2) is 11.5 Å². The molecular formula is C25H23F2N5O2. The monoisotopic (exact) mass is 463 g/mol. The normalized spacial score (nSPS) is 13.4. The SMILES string of the molecule is Cc1nn(-c2ccccn2)c2nc(C3CC3)cc(C(=O)N(C)Cc3ccc(OC(F)F)cc3)c12. The van der Waals surface area contributed by atoms with Crippen LogP contribution in [0.3, 0.4) is 0 Å². The number of carbonyl (C=O) groups is 1. The number of ether oxygens (including phenoxy) is 1. The summed E-state index contributed by atoms with van der Waals surface area (Å²) < 4.78 is 30.9. The van der Waals surface area contributed by atoms with E-state index < -0.39 is 6.61 Å². The molecule has 1 saturated carbocycles. The Morgan fingerprint density at radius 1 is 1.21 bits per heavy atom. The molecule has 1 aliphatic carbocycles. The van der Waals surface area contributed by atoms with Gasteiger partial charge in [0.25, 0.3) is 5.91 Å². The smallest absolute Gasteiger partial charge is 0.387 e. The van der Waals surface area contributed by atoms with Gasteiger partial charge in [-0.2, -0.15) is 18.6 Å². The number of rotatable bonds is 7. The number of alkyl halides is 2. The van der Waals surface area contributed by atoms with Gasteiger partial charge in [-0.05, 0) is 55.7 Å². The van der Waals surface area contributed by atoms with Crippen LogP contribution < -0.4 is 4.74 Å². The maximum atomic E-state index is 13.6. The minimum Gasteiger partial charge on any atom is -0.435 e. The average molecular weight is 463 g/mol. The molecule has 1 amide bonds. The molecule has 1 aliphatic rings. The van der Waals surface area contributed by atoms with Crippen molar-refractivity contribution in [2.75, 3.05) is 7.05 Å². The number of nitrogens with zero attached hydrogens (tertiary/aromatic N) is 5. The van der Waals surface area contributed by atoms with E-state index in [2.05, 4.69) is 14.8 Å². The van der Waals surface area contributed by atoms with Gasteiger partial charge in [-0.1, -0.05) is 18.2 Å². The van der Waals surface area contributed by atoms with Crippen molar-refractivity contribution < 1.29 is 18.3 Å². The first kappa shape index (κ1) is 21.9.